The zero-order valence-corrected chi connectivity index (χ0v) is 18.6. The molecule has 164 valence electrons. The number of guanidine groups is 1. The second-order valence-corrected chi connectivity index (χ2v) is 7.86. The van der Waals surface area contributed by atoms with Crippen molar-refractivity contribution in [2.75, 3.05) is 52.5 Å². The molecule has 29 heavy (non-hydrogen) atoms. The molecular formula is C22H37ClN4O2. The lowest BCUT2D eigenvalue weighted by Gasteiger charge is -2.35. The monoisotopic (exact) mass is 424 g/mol. The first-order valence-corrected chi connectivity index (χ1v) is 11.3. The number of hydrogen-bond donors (Lipinski definition) is 3. The van der Waals surface area contributed by atoms with Crippen LogP contribution in [0.15, 0.2) is 29.3 Å². The van der Waals surface area contributed by atoms with Crippen molar-refractivity contribution in [1.29, 1.82) is 0 Å². The molecule has 7 heteroatoms. The predicted octanol–water partition coefficient (Wildman–Crippen LogP) is 3.07. The highest BCUT2D eigenvalue weighted by molar-refractivity contribution is 6.31. The van der Waals surface area contributed by atoms with Crippen LogP contribution in [-0.4, -0.2) is 68.5 Å². The van der Waals surface area contributed by atoms with Gasteiger partial charge in [-0.25, -0.2) is 0 Å². The maximum atomic E-state index is 9.30. The molecule has 0 amide bonds. The smallest absolute Gasteiger partial charge is 0.191 e. The molecule has 1 aromatic rings. The van der Waals surface area contributed by atoms with Gasteiger partial charge in [-0.3, -0.25) is 9.89 Å². The van der Waals surface area contributed by atoms with E-state index >= 15 is 0 Å². The Morgan fingerprint density at radius 3 is 2.62 bits per heavy atom. The molecule has 2 unspecified atom stereocenters. The second-order valence-electron chi connectivity index (χ2n) is 7.45. The summed E-state index contributed by atoms with van der Waals surface area (Å²) in [6.07, 6.45) is 2.99. The van der Waals surface area contributed by atoms with E-state index in [2.05, 4.69) is 35.4 Å². The van der Waals surface area contributed by atoms with Crippen molar-refractivity contribution in [3.63, 3.8) is 0 Å². The Hall–Kier alpha value is -1.34. The number of nitrogens with zero attached hydrogens (tertiary/aromatic N) is 2. The summed E-state index contributed by atoms with van der Waals surface area (Å²) < 4.78 is 5.54. The molecule has 1 aromatic carbocycles. The van der Waals surface area contributed by atoms with Gasteiger partial charge in [0.1, 0.15) is 0 Å². The number of ether oxygens (including phenoxy) is 1. The standard InChI is InChI=1S/C22H37ClN4O2/c1-3-7-18(10-13-28)16-25-22(24-4-2)26-17-21(27-11-14-29-15-12-27)19-8-5-6-9-20(19)23/h5-6,8-9,18,21,28H,3-4,7,10-17H2,1-2H3,(H2,24,25,26). The molecule has 0 aliphatic carbocycles. The summed E-state index contributed by atoms with van der Waals surface area (Å²) in [6.45, 7) is 9.97. The van der Waals surface area contributed by atoms with Gasteiger partial charge < -0.3 is 20.5 Å². The second kappa shape index (κ2) is 13.8. The third kappa shape index (κ3) is 8.13. The lowest BCUT2D eigenvalue weighted by molar-refractivity contribution is 0.0170. The Bertz CT molecular complexity index is 602. The highest BCUT2D eigenvalue weighted by atomic mass is 35.5. The van der Waals surface area contributed by atoms with E-state index in [4.69, 9.17) is 21.3 Å². The van der Waals surface area contributed by atoms with Crippen molar-refractivity contribution in [2.45, 2.75) is 39.2 Å². The van der Waals surface area contributed by atoms with Crippen LogP contribution in [0.4, 0.5) is 0 Å². The van der Waals surface area contributed by atoms with Gasteiger partial charge in [0.05, 0.1) is 19.3 Å². The van der Waals surface area contributed by atoms with Crippen molar-refractivity contribution in [2.24, 2.45) is 10.9 Å². The highest BCUT2D eigenvalue weighted by Crippen LogP contribution is 2.27. The normalized spacial score (nSPS) is 17.7. The van der Waals surface area contributed by atoms with E-state index in [1.54, 1.807) is 0 Å². The highest BCUT2D eigenvalue weighted by Gasteiger charge is 2.24. The van der Waals surface area contributed by atoms with E-state index in [-0.39, 0.29) is 12.6 Å². The molecule has 2 atom stereocenters. The topological polar surface area (TPSA) is 69.1 Å². The molecule has 1 saturated heterocycles. The Morgan fingerprint density at radius 2 is 1.97 bits per heavy atom. The number of halogens is 1. The zero-order chi connectivity index (χ0) is 20.9. The molecule has 1 fully saturated rings. The molecule has 1 heterocycles. The fraction of sp³-hybridized carbons (Fsp3) is 0.682. The van der Waals surface area contributed by atoms with Gasteiger partial charge in [0.2, 0.25) is 0 Å². The average Bonchev–Trinajstić information content (AvgIpc) is 2.74. The minimum absolute atomic E-state index is 0.153. The van der Waals surface area contributed by atoms with Gasteiger partial charge in [-0.15, -0.1) is 0 Å². The third-order valence-corrected chi connectivity index (χ3v) is 5.64. The summed E-state index contributed by atoms with van der Waals surface area (Å²) in [5.74, 6) is 1.23. The lowest BCUT2D eigenvalue weighted by Crippen LogP contribution is -2.46. The first kappa shape index (κ1) is 23.9. The van der Waals surface area contributed by atoms with Crippen molar-refractivity contribution in [1.82, 2.24) is 15.5 Å². The molecule has 0 aromatic heterocycles. The molecule has 6 nitrogen and oxygen atoms in total. The molecular weight excluding hydrogens is 388 g/mol. The molecule has 1 aliphatic rings. The summed E-state index contributed by atoms with van der Waals surface area (Å²) in [5, 5.41) is 17.0. The van der Waals surface area contributed by atoms with Crippen LogP contribution in [-0.2, 0) is 4.74 Å². The summed E-state index contributed by atoms with van der Waals surface area (Å²) in [4.78, 5) is 7.21. The van der Waals surface area contributed by atoms with E-state index in [1.807, 2.05) is 18.2 Å². The molecule has 0 bridgehead atoms. The van der Waals surface area contributed by atoms with Crippen molar-refractivity contribution in [3.05, 3.63) is 34.9 Å². The van der Waals surface area contributed by atoms with Crippen LogP contribution in [0.3, 0.4) is 0 Å². The van der Waals surface area contributed by atoms with Crippen molar-refractivity contribution < 1.29 is 9.84 Å². The minimum Gasteiger partial charge on any atom is -0.396 e. The van der Waals surface area contributed by atoms with Crippen molar-refractivity contribution in [3.8, 4) is 0 Å². The SMILES string of the molecule is CCCC(CCO)CN=C(NCC)NCC(c1ccccc1Cl)N1CCOCC1. The number of aliphatic hydroxyl groups excluding tert-OH is 1. The largest absolute Gasteiger partial charge is 0.396 e. The van der Waals surface area contributed by atoms with Gasteiger partial charge in [-0.2, -0.15) is 0 Å². The number of benzene rings is 1. The Balaban J connectivity index is 2.09. The zero-order valence-electron chi connectivity index (χ0n) is 17.9. The van der Waals surface area contributed by atoms with E-state index in [0.717, 1.165) is 75.2 Å². The van der Waals surface area contributed by atoms with Gasteiger partial charge >= 0.3 is 0 Å². The number of hydrogen-bond acceptors (Lipinski definition) is 4. The predicted molar refractivity (Wildman–Crippen MR) is 121 cm³/mol. The molecule has 0 saturated carbocycles. The Labute approximate surface area is 180 Å². The molecule has 1 aliphatic heterocycles. The number of aliphatic imine (C=N–C) groups is 1. The summed E-state index contributed by atoms with van der Waals surface area (Å²) in [5.41, 5.74) is 1.13. The average molecular weight is 425 g/mol. The first-order chi connectivity index (χ1) is 14.2. The van der Waals surface area contributed by atoms with Gasteiger partial charge in [-0.05, 0) is 37.3 Å². The summed E-state index contributed by atoms with van der Waals surface area (Å²) >= 11 is 6.53. The molecule has 2 rings (SSSR count). The molecule has 0 radical (unpaired) electrons. The fourth-order valence-electron chi connectivity index (χ4n) is 3.74. The van der Waals surface area contributed by atoms with Gasteiger partial charge in [0.25, 0.3) is 0 Å². The quantitative estimate of drug-likeness (QED) is 0.376. The fourth-order valence-corrected chi connectivity index (χ4v) is 4.01. The van der Waals surface area contributed by atoms with Crippen LogP contribution < -0.4 is 10.6 Å². The third-order valence-electron chi connectivity index (χ3n) is 5.30. The van der Waals surface area contributed by atoms with Gasteiger partial charge in [-0.1, -0.05) is 43.1 Å². The Kier molecular flexibility index (Phi) is 11.4. The summed E-state index contributed by atoms with van der Waals surface area (Å²) in [6, 6.07) is 8.22. The van der Waals surface area contributed by atoms with E-state index in [9.17, 15) is 5.11 Å². The maximum Gasteiger partial charge on any atom is 0.191 e. The van der Waals surface area contributed by atoms with Gasteiger partial charge in [0.15, 0.2) is 5.96 Å². The number of rotatable bonds is 11. The van der Waals surface area contributed by atoms with E-state index in [0.29, 0.717) is 12.5 Å². The van der Waals surface area contributed by atoms with Crippen LogP contribution in [0.2, 0.25) is 5.02 Å². The Morgan fingerprint density at radius 1 is 1.21 bits per heavy atom. The van der Waals surface area contributed by atoms with Crippen LogP contribution in [0.1, 0.15) is 44.7 Å². The number of aliphatic hydroxyl groups is 1. The van der Waals surface area contributed by atoms with Crippen LogP contribution >= 0.6 is 11.6 Å². The van der Waals surface area contributed by atoms with E-state index in [1.165, 1.54) is 0 Å². The van der Waals surface area contributed by atoms with Crippen LogP contribution in [0, 0.1) is 5.92 Å². The lowest BCUT2D eigenvalue weighted by atomic mass is 10.0. The number of nitrogens with one attached hydrogen (secondary N) is 2. The molecule has 0 spiro atoms. The van der Waals surface area contributed by atoms with Gasteiger partial charge in [0, 0.05) is 44.4 Å². The van der Waals surface area contributed by atoms with Crippen LogP contribution in [0.5, 0.6) is 0 Å². The number of morpholine rings is 1. The van der Waals surface area contributed by atoms with Crippen molar-refractivity contribution >= 4 is 17.6 Å². The molecule has 3 N–H and O–H groups in total. The van der Waals surface area contributed by atoms with E-state index < -0.39 is 0 Å². The summed E-state index contributed by atoms with van der Waals surface area (Å²) in [7, 11) is 0. The maximum absolute atomic E-state index is 9.30. The van der Waals surface area contributed by atoms with Crippen LogP contribution in [0.25, 0.3) is 0 Å². The minimum atomic E-state index is 0.153. The first-order valence-electron chi connectivity index (χ1n) is 10.9.